The van der Waals surface area contributed by atoms with Crippen LogP contribution in [0.4, 0.5) is 11.4 Å². The van der Waals surface area contributed by atoms with Gasteiger partial charge < -0.3 is 14.7 Å². The number of carbonyl (C=O) groups is 1. The number of anilines is 1. The van der Waals surface area contributed by atoms with Gasteiger partial charge in [0.25, 0.3) is 16.8 Å². The fraction of sp³-hybridized carbons (Fsp3) is 0.0556. The number of fused-ring (bicyclic) bond motifs is 1. The quantitative estimate of drug-likeness (QED) is 0.288. The summed E-state index contributed by atoms with van der Waals surface area (Å²) in [5, 5.41) is 22.7. The number of hydrogen-bond acceptors (Lipinski definition) is 7. The van der Waals surface area contributed by atoms with Gasteiger partial charge in [-0.1, -0.05) is 42.1 Å². The van der Waals surface area contributed by atoms with Gasteiger partial charge in [0.15, 0.2) is 0 Å². The lowest BCUT2D eigenvalue weighted by Crippen LogP contribution is -2.15. The normalized spacial score (nSPS) is 10.9. The number of carbonyl (C=O) groups excluding carboxylic acids is 1. The summed E-state index contributed by atoms with van der Waals surface area (Å²) in [6.45, 7) is 0. The molecule has 140 valence electrons. The van der Waals surface area contributed by atoms with E-state index < -0.39 is 10.8 Å². The summed E-state index contributed by atoms with van der Waals surface area (Å²) >= 11 is 1.05. The Labute approximate surface area is 162 Å². The van der Waals surface area contributed by atoms with Gasteiger partial charge in [0.1, 0.15) is 5.69 Å². The molecule has 0 aliphatic heterocycles. The van der Waals surface area contributed by atoms with Crippen molar-refractivity contribution in [2.75, 3.05) is 11.1 Å². The number of nitro groups is 1. The highest BCUT2D eigenvalue weighted by molar-refractivity contribution is 7.99. The van der Waals surface area contributed by atoms with Crippen molar-refractivity contribution in [3.05, 3.63) is 64.8 Å². The molecule has 0 atom stereocenters. The molecule has 0 aliphatic rings. The van der Waals surface area contributed by atoms with Crippen LogP contribution in [0.1, 0.15) is 0 Å². The van der Waals surface area contributed by atoms with Crippen LogP contribution in [0.25, 0.3) is 22.4 Å². The third-order valence-corrected chi connectivity index (χ3v) is 4.75. The Hall–Kier alpha value is -3.66. The van der Waals surface area contributed by atoms with E-state index in [9.17, 15) is 14.9 Å². The number of nitrogens with zero attached hydrogens (tertiary/aromatic N) is 3. The highest BCUT2D eigenvalue weighted by Crippen LogP contribution is 2.29. The van der Waals surface area contributed by atoms with Crippen LogP contribution in [0.2, 0.25) is 0 Å². The molecule has 0 aliphatic carbocycles. The minimum atomic E-state index is -0.547. The first-order valence-corrected chi connectivity index (χ1v) is 9.16. The van der Waals surface area contributed by atoms with E-state index >= 15 is 0 Å². The lowest BCUT2D eigenvalue weighted by atomic mass is 10.2. The number of nitrogens with one attached hydrogen (secondary N) is 2. The summed E-state index contributed by atoms with van der Waals surface area (Å²) < 4.78 is 5.63. The van der Waals surface area contributed by atoms with Gasteiger partial charge >= 0.3 is 0 Å². The van der Waals surface area contributed by atoms with Crippen LogP contribution < -0.4 is 5.32 Å². The van der Waals surface area contributed by atoms with Gasteiger partial charge in [-0.2, -0.15) is 0 Å². The number of hydrogen-bond donors (Lipinski definition) is 2. The van der Waals surface area contributed by atoms with E-state index in [2.05, 4.69) is 20.5 Å². The van der Waals surface area contributed by atoms with Crippen molar-refractivity contribution in [3.8, 4) is 11.5 Å². The molecule has 0 fully saturated rings. The lowest BCUT2D eigenvalue weighted by molar-refractivity contribution is -0.383. The number of para-hydroxylation sites is 3. The predicted molar refractivity (Wildman–Crippen MR) is 104 cm³/mol. The minimum absolute atomic E-state index is 0.0262. The van der Waals surface area contributed by atoms with Crippen molar-refractivity contribution in [2.45, 2.75) is 5.22 Å². The van der Waals surface area contributed by atoms with E-state index in [0.29, 0.717) is 5.89 Å². The van der Waals surface area contributed by atoms with E-state index in [4.69, 9.17) is 4.42 Å². The average Bonchev–Trinajstić information content (AvgIpc) is 3.33. The molecule has 2 aromatic heterocycles. The molecule has 28 heavy (non-hydrogen) atoms. The highest BCUT2D eigenvalue weighted by atomic mass is 32.2. The van der Waals surface area contributed by atoms with E-state index in [1.807, 2.05) is 24.3 Å². The van der Waals surface area contributed by atoms with Crippen LogP contribution in [0.15, 0.2) is 64.4 Å². The van der Waals surface area contributed by atoms with E-state index in [-0.39, 0.29) is 22.4 Å². The Morgan fingerprint density at radius 1 is 1.18 bits per heavy atom. The molecule has 0 bridgehead atoms. The number of H-pyrrole nitrogens is 1. The summed E-state index contributed by atoms with van der Waals surface area (Å²) in [4.78, 5) is 25.7. The molecule has 0 saturated heterocycles. The van der Waals surface area contributed by atoms with Gasteiger partial charge in [0.2, 0.25) is 5.91 Å². The Kier molecular flexibility index (Phi) is 4.77. The van der Waals surface area contributed by atoms with Gasteiger partial charge in [-0.15, -0.1) is 10.2 Å². The van der Waals surface area contributed by atoms with Crippen LogP contribution in [0, 0.1) is 10.1 Å². The molecule has 2 N–H and O–H groups in total. The molecule has 4 aromatic rings. The van der Waals surface area contributed by atoms with Crippen molar-refractivity contribution < 1.29 is 14.1 Å². The number of nitro benzene ring substituents is 1. The highest BCUT2D eigenvalue weighted by Gasteiger charge is 2.17. The van der Waals surface area contributed by atoms with Crippen molar-refractivity contribution in [1.82, 2.24) is 15.2 Å². The van der Waals surface area contributed by atoms with Crippen molar-refractivity contribution in [3.63, 3.8) is 0 Å². The number of aromatic amines is 1. The van der Waals surface area contributed by atoms with E-state index in [1.54, 1.807) is 12.3 Å². The van der Waals surface area contributed by atoms with E-state index in [0.717, 1.165) is 28.2 Å². The maximum absolute atomic E-state index is 12.1. The molecule has 1 amide bonds. The molecule has 0 unspecified atom stereocenters. The smallest absolute Gasteiger partial charge is 0.292 e. The van der Waals surface area contributed by atoms with Gasteiger partial charge in [-0.25, -0.2) is 0 Å². The fourth-order valence-corrected chi connectivity index (χ4v) is 3.24. The number of rotatable bonds is 6. The molecule has 0 saturated carbocycles. The van der Waals surface area contributed by atoms with Crippen LogP contribution >= 0.6 is 11.8 Å². The molecular weight excluding hydrogens is 382 g/mol. The third kappa shape index (κ3) is 3.58. The van der Waals surface area contributed by atoms with Gasteiger partial charge in [0.05, 0.1) is 16.2 Å². The molecule has 0 radical (unpaired) electrons. The van der Waals surface area contributed by atoms with Crippen LogP contribution in [0.5, 0.6) is 0 Å². The van der Waals surface area contributed by atoms with Crippen molar-refractivity contribution in [2.24, 2.45) is 0 Å². The third-order valence-electron chi connectivity index (χ3n) is 3.93. The van der Waals surface area contributed by atoms with Crippen LogP contribution in [-0.2, 0) is 4.79 Å². The lowest BCUT2D eigenvalue weighted by Gasteiger charge is -2.04. The zero-order valence-electron chi connectivity index (χ0n) is 14.3. The predicted octanol–water partition coefficient (Wildman–Crippen LogP) is 3.86. The number of aromatic nitrogens is 3. The Morgan fingerprint density at radius 2 is 1.96 bits per heavy atom. The zero-order chi connectivity index (χ0) is 19.5. The largest absolute Gasteiger partial charge is 0.411 e. The van der Waals surface area contributed by atoms with Crippen LogP contribution in [-0.4, -0.2) is 31.8 Å². The monoisotopic (exact) mass is 395 g/mol. The fourth-order valence-electron chi connectivity index (χ4n) is 2.68. The number of benzene rings is 2. The van der Waals surface area contributed by atoms with Gasteiger partial charge in [-0.05, 0) is 12.1 Å². The van der Waals surface area contributed by atoms with Gasteiger partial charge in [0, 0.05) is 23.2 Å². The number of amides is 1. The molecule has 2 heterocycles. The first-order valence-electron chi connectivity index (χ1n) is 8.18. The molecule has 0 spiro atoms. The molecule has 4 rings (SSSR count). The standard InChI is InChI=1S/C18H13N5O4S/c24-16(20-14-7-3-4-8-15(14)23(25)26)10-28-18-22-21-17(27-18)12-9-19-13-6-2-1-5-11(12)13/h1-9,19H,10H2,(H,20,24). The summed E-state index contributed by atoms with van der Waals surface area (Å²) in [5.74, 6) is -0.0909. The second kappa shape index (κ2) is 7.53. The Bertz CT molecular complexity index is 1170. The summed E-state index contributed by atoms with van der Waals surface area (Å²) in [6, 6.07) is 13.7. The Balaban J connectivity index is 1.42. The number of thioether (sulfide) groups is 1. The maximum atomic E-state index is 12.1. The van der Waals surface area contributed by atoms with Gasteiger partial charge in [-0.3, -0.25) is 14.9 Å². The minimum Gasteiger partial charge on any atom is -0.411 e. The molecule has 10 heteroatoms. The molecule has 2 aromatic carbocycles. The summed E-state index contributed by atoms with van der Waals surface area (Å²) in [5.41, 5.74) is 1.71. The first kappa shape index (κ1) is 17.7. The topological polar surface area (TPSA) is 127 Å². The SMILES string of the molecule is O=C(CSc1nnc(-c2c[nH]c3ccccc23)o1)Nc1ccccc1[N+](=O)[O-]. The molecular formula is C18H13N5O4S. The van der Waals surface area contributed by atoms with Crippen LogP contribution in [0.3, 0.4) is 0 Å². The average molecular weight is 395 g/mol. The van der Waals surface area contributed by atoms with Crippen molar-refractivity contribution in [1.29, 1.82) is 0 Å². The summed E-state index contributed by atoms with van der Waals surface area (Å²) in [7, 11) is 0. The molecule has 9 nitrogen and oxygen atoms in total. The second-order valence-corrected chi connectivity index (χ2v) is 6.66. The van der Waals surface area contributed by atoms with Crippen molar-refractivity contribution >= 4 is 39.9 Å². The second-order valence-electron chi connectivity index (χ2n) is 5.73. The summed E-state index contributed by atoms with van der Waals surface area (Å²) in [6.07, 6.45) is 1.79. The first-order chi connectivity index (χ1) is 13.6. The Morgan fingerprint density at radius 3 is 2.82 bits per heavy atom. The zero-order valence-corrected chi connectivity index (χ0v) is 15.1. The maximum Gasteiger partial charge on any atom is 0.292 e. The van der Waals surface area contributed by atoms with E-state index in [1.165, 1.54) is 18.2 Å².